The van der Waals surface area contributed by atoms with E-state index in [-0.39, 0.29) is 5.91 Å². The third kappa shape index (κ3) is 4.39. The summed E-state index contributed by atoms with van der Waals surface area (Å²) in [5.74, 6) is -0.668. The number of H-pyrrole nitrogens is 1. The van der Waals surface area contributed by atoms with Crippen molar-refractivity contribution in [1.82, 2.24) is 20.1 Å². The maximum atomic E-state index is 12.5. The lowest BCUT2D eigenvalue weighted by Gasteiger charge is -2.05. The Kier molecular flexibility index (Phi) is 6.16. The van der Waals surface area contributed by atoms with E-state index in [2.05, 4.69) is 15.4 Å². The highest BCUT2D eigenvalue weighted by molar-refractivity contribution is 6.00. The van der Waals surface area contributed by atoms with Crippen LogP contribution >= 0.6 is 0 Å². The molecular formula is C22H26N4O3. The Hall–Kier alpha value is -3.35. The molecule has 0 atom stereocenters. The molecule has 2 aromatic heterocycles. The van der Waals surface area contributed by atoms with Gasteiger partial charge in [-0.15, -0.1) is 0 Å². The molecule has 0 aliphatic rings. The zero-order valence-electron chi connectivity index (χ0n) is 17.2. The van der Waals surface area contributed by atoms with E-state index >= 15 is 0 Å². The normalized spacial score (nSPS) is 10.8. The van der Waals surface area contributed by atoms with E-state index in [9.17, 15) is 9.59 Å². The van der Waals surface area contributed by atoms with E-state index in [0.717, 1.165) is 29.8 Å². The number of nitrogens with one attached hydrogen (secondary N) is 2. The molecule has 0 aliphatic carbocycles. The summed E-state index contributed by atoms with van der Waals surface area (Å²) in [5, 5.41) is 7.49. The molecule has 2 heterocycles. The van der Waals surface area contributed by atoms with E-state index in [0.29, 0.717) is 29.1 Å². The predicted molar refractivity (Wildman–Crippen MR) is 111 cm³/mol. The van der Waals surface area contributed by atoms with Crippen LogP contribution in [-0.4, -0.2) is 40.3 Å². The van der Waals surface area contributed by atoms with Crippen molar-refractivity contribution in [3.05, 3.63) is 70.3 Å². The number of ether oxygens (including phenoxy) is 1. The zero-order valence-corrected chi connectivity index (χ0v) is 17.2. The molecule has 7 nitrogen and oxygen atoms in total. The van der Waals surface area contributed by atoms with Gasteiger partial charge in [0.05, 0.1) is 24.1 Å². The molecule has 29 heavy (non-hydrogen) atoms. The van der Waals surface area contributed by atoms with Gasteiger partial charge in [0.15, 0.2) is 0 Å². The van der Waals surface area contributed by atoms with Crippen LogP contribution in [-0.2, 0) is 11.2 Å². The van der Waals surface area contributed by atoms with Gasteiger partial charge in [0.2, 0.25) is 0 Å². The molecule has 152 valence electrons. The maximum absolute atomic E-state index is 12.5. The van der Waals surface area contributed by atoms with Gasteiger partial charge in [-0.3, -0.25) is 4.79 Å². The number of carbonyl (C=O) groups is 2. The Morgan fingerprint density at radius 2 is 1.90 bits per heavy atom. The largest absolute Gasteiger partial charge is 0.465 e. The number of methoxy groups -OCH3 is 1. The Morgan fingerprint density at radius 3 is 2.59 bits per heavy atom. The molecular weight excluding hydrogens is 368 g/mol. The van der Waals surface area contributed by atoms with Crippen LogP contribution in [0.25, 0.3) is 5.69 Å². The third-order valence-electron chi connectivity index (χ3n) is 4.98. The molecule has 0 unspecified atom stereocenters. The average Bonchev–Trinajstić information content (AvgIpc) is 3.24. The van der Waals surface area contributed by atoms with Crippen molar-refractivity contribution in [2.75, 3.05) is 13.7 Å². The monoisotopic (exact) mass is 394 g/mol. The number of esters is 1. The lowest BCUT2D eigenvalue weighted by Crippen LogP contribution is -2.26. The molecule has 3 aromatic rings. The lowest BCUT2D eigenvalue weighted by molar-refractivity contribution is 0.0599. The van der Waals surface area contributed by atoms with E-state index in [1.807, 2.05) is 48.1 Å². The summed E-state index contributed by atoms with van der Waals surface area (Å²) in [6.45, 7) is 6.02. The first kappa shape index (κ1) is 20.4. The van der Waals surface area contributed by atoms with E-state index < -0.39 is 5.97 Å². The summed E-state index contributed by atoms with van der Waals surface area (Å²) in [6.07, 6.45) is 3.64. The first-order valence-electron chi connectivity index (χ1n) is 9.58. The SMILES string of the molecule is COC(=O)c1c(C)[nH]c(C(=O)NCCCc2cn(-c3ccccc3)nc2C)c1C. The van der Waals surface area contributed by atoms with Crippen LogP contribution in [0.2, 0.25) is 0 Å². The van der Waals surface area contributed by atoms with Gasteiger partial charge in [-0.25, -0.2) is 9.48 Å². The number of aromatic amines is 1. The van der Waals surface area contributed by atoms with Gasteiger partial charge in [-0.05, 0) is 56.9 Å². The Bertz CT molecular complexity index is 1020. The number of benzene rings is 1. The predicted octanol–water partition coefficient (Wildman–Crippen LogP) is 3.27. The minimum absolute atomic E-state index is 0.225. The molecule has 1 aromatic carbocycles. The van der Waals surface area contributed by atoms with Crippen molar-refractivity contribution in [2.24, 2.45) is 0 Å². The number of amides is 1. The van der Waals surface area contributed by atoms with Gasteiger partial charge in [-0.1, -0.05) is 18.2 Å². The van der Waals surface area contributed by atoms with E-state index in [1.54, 1.807) is 13.8 Å². The first-order chi connectivity index (χ1) is 13.9. The van der Waals surface area contributed by atoms with Gasteiger partial charge in [0.1, 0.15) is 5.69 Å². The maximum Gasteiger partial charge on any atom is 0.339 e. The molecule has 7 heteroatoms. The van der Waals surface area contributed by atoms with Crippen LogP contribution in [0.4, 0.5) is 0 Å². The number of nitrogens with zero attached hydrogens (tertiary/aromatic N) is 2. The quantitative estimate of drug-likeness (QED) is 0.475. The summed E-state index contributed by atoms with van der Waals surface area (Å²) < 4.78 is 6.66. The second-order valence-corrected chi connectivity index (χ2v) is 7.00. The number of carbonyl (C=O) groups excluding carboxylic acids is 2. The minimum atomic E-state index is -0.443. The van der Waals surface area contributed by atoms with Gasteiger partial charge in [0, 0.05) is 18.4 Å². The van der Waals surface area contributed by atoms with Crippen molar-refractivity contribution in [3.8, 4) is 5.69 Å². The van der Waals surface area contributed by atoms with E-state index in [1.165, 1.54) is 7.11 Å². The Labute approximate surface area is 170 Å². The summed E-state index contributed by atoms with van der Waals surface area (Å²) in [7, 11) is 1.33. The molecule has 0 radical (unpaired) electrons. The average molecular weight is 394 g/mol. The number of aryl methyl sites for hydroxylation is 3. The fraction of sp³-hybridized carbons (Fsp3) is 0.318. The number of hydrogen-bond acceptors (Lipinski definition) is 4. The van der Waals surface area contributed by atoms with Crippen molar-refractivity contribution in [1.29, 1.82) is 0 Å². The van der Waals surface area contributed by atoms with Crippen LogP contribution in [0, 0.1) is 20.8 Å². The smallest absolute Gasteiger partial charge is 0.339 e. The first-order valence-corrected chi connectivity index (χ1v) is 9.58. The molecule has 0 bridgehead atoms. The standard InChI is InChI=1S/C22H26N4O3/c1-14-19(22(28)29-4)16(3)24-20(14)21(27)23-12-8-9-17-13-26(25-15(17)2)18-10-6-5-7-11-18/h5-7,10-11,13,24H,8-9,12H2,1-4H3,(H,23,27). The number of para-hydroxylation sites is 1. The number of hydrogen-bond donors (Lipinski definition) is 2. The highest BCUT2D eigenvalue weighted by Crippen LogP contribution is 2.19. The fourth-order valence-corrected chi connectivity index (χ4v) is 3.41. The van der Waals surface area contributed by atoms with Crippen molar-refractivity contribution >= 4 is 11.9 Å². The van der Waals surface area contributed by atoms with Crippen LogP contribution < -0.4 is 5.32 Å². The van der Waals surface area contributed by atoms with Crippen LogP contribution in [0.15, 0.2) is 36.5 Å². The summed E-state index contributed by atoms with van der Waals surface area (Å²) in [5.41, 5.74) is 5.21. The molecule has 0 saturated heterocycles. The third-order valence-corrected chi connectivity index (χ3v) is 4.98. The Morgan fingerprint density at radius 1 is 1.17 bits per heavy atom. The molecule has 1 amide bonds. The summed E-state index contributed by atoms with van der Waals surface area (Å²) >= 11 is 0. The van der Waals surface area contributed by atoms with Gasteiger partial charge in [-0.2, -0.15) is 5.10 Å². The minimum Gasteiger partial charge on any atom is -0.465 e. The summed E-state index contributed by atoms with van der Waals surface area (Å²) in [6, 6.07) is 9.97. The van der Waals surface area contributed by atoms with Gasteiger partial charge >= 0.3 is 5.97 Å². The summed E-state index contributed by atoms with van der Waals surface area (Å²) in [4.78, 5) is 27.4. The van der Waals surface area contributed by atoms with Gasteiger partial charge < -0.3 is 15.0 Å². The lowest BCUT2D eigenvalue weighted by atomic mass is 10.1. The Balaban J connectivity index is 1.57. The zero-order chi connectivity index (χ0) is 21.0. The molecule has 0 saturated carbocycles. The highest BCUT2D eigenvalue weighted by Gasteiger charge is 2.22. The topological polar surface area (TPSA) is 89.0 Å². The van der Waals surface area contributed by atoms with Gasteiger partial charge in [0.25, 0.3) is 5.91 Å². The van der Waals surface area contributed by atoms with Crippen molar-refractivity contribution in [2.45, 2.75) is 33.6 Å². The fourth-order valence-electron chi connectivity index (χ4n) is 3.41. The number of aromatic nitrogens is 3. The second-order valence-electron chi connectivity index (χ2n) is 7.00. The number of rotatable bonds is 7. The van der Waals surface area contributed by atoms with Crippen molar-refractivity contribution in [3.63, 3.8) is 0 Å². The van der Waals surface area contributed by atoms with Crippen LogP contribution in [0.5, 0.6) is 0 Å². The van der Waals surface area contributed by atoms with E-state index in [4.69, 9.17) is 4.74 Å². The molecule has 2 N–H and O–H groups in total. The van der Waals surface area contributed by atoms with Crippen LogP contribution in [0.1, 0.15) is 49.8 Å². The molecule has 0 spiro atoms. The van der Waals surface area contributed by atoms with Crippen LogP contribution in [0.3, 0.4) is 0 Å². The molecule has 0 fully saturated rings. The second kappa shape index (κ2) is 8.77. The molecule has 3 rings (SSSR count). The molecule has 0 aliphatic heterocycles. The highest BCUT2D eigenvalue weighted by atomic mass is 16.5. The van der Waals surface area contributed by atoms with Crippen molar-refractivity contribution < 1.29 is 14.3 Å².